The molecule has 0 saturated carbocycles. The smallest absolute Gasteiger partial charge is 0.287 e. The van der Waals surface area contributed by atoms with Crippen molar-refractivity contribution in [2.75, 3.05) is 0 Å². The van der Waals surface area contributed by atoms with Gasteiger partial charge in [-0.05, 0) is 35.8 Å². The van der Waals surface area contributed by atoms with Crippen molar-refractivity contribution in [3.8, 4) is 0 Å². The summed E-state index contributed by atoms with van der Waals surface area (Å²) in [5.74, 6) is -0.884. The second-order valence-corrected chi connectivity index (χ2v) is 6.64. The molecule has 1 aliphatic rings. The Hall–Kier alpha value is -3.67. The van der Waals surface area contributed by atoms with Crippen LogP contribution in [0.15, 0.2) is 76.5 Å². The van der Waals surface area contributed by atoms with Crippen molar-refractivity contribution >= 4 is 22.8 Å². The van der Waals surface area contributed by atoms with E-state index >= 15 is 0 Å². The van der Waals surface area contributed by atoms with Gasteiger partial charge in [0.2, 0.25) is 5.91 Å². The summed E-state index contributed by atoms with van der Waals surface area (Å²) < 4.78 is 5.61. The highest BCUT2D eigenvalue weighted by atomic mass is 16.3. The minimum Gasteiger partial charge on any atom is -0.451 e. The Kier molecular flexibility index (Phi) is 4.53. The highest BCUT2D eigenvalue weighted by molar-refractivity contribution is 5.93. The zero-order chi connectivity index (χ0) is 19.7. The monoisotopic (exact) mass is 374 g/mol. The van der Waals surface area contributed by atoms with Gasteiger partial charge in [-0.15, -0.1) is 0 Å². The van der Waals surface area contributed by atoms with Gasteiger partial charge < -0.3 is 15.1 Å². The zero-order valence-corrected chi connectivity index (χ0v) is 15.0. The van der Waals surface area contributed by atoms with E-state index in [0.717, 1.165) is 11.1 Å². The van der Waals surface area contributed by atoms with Gasteiger partial charge in [0.15, 0.2) is 11.2 Å². The van der Waals surface area contributed by atoms with E-state index in [1.165, 1.54) is 12.1 Å². The Balaban J connectivity index is 1.62. The highest BCUT2D eigenvalue weighted by Gasteiger charge is 2.34. The van der Waals surface area contributed by atoms with Crippen LogP contribution in [-0.2, 0) is 11.2 Å². The third kappa shape index (κ3) is 3.20. The predicted molar refractivity (Wildman–Crippen MR) is 105 cm³/mol. The summed E-state index contributed by atoms with van der Waals surface area (Å²) in [5.41, 5.74) is 2.06. The van der Waals surface area contributed by atoms with Crippen LogP contribution in [0.3, 0.4) is 0 Å². The second-order valence-electron chi connectivity index (χ2n) is 6.64. The summed E-state index contributed by atoms with van der Waals surface area (Å²) >= 11 is 0. The SMILES string of the molecule is C=CC(=O)N[C@@H]1c2ccccc2C[C@H]1NC(=O)c1cc(=O)c2ccccc2o1. The van der Waals surface area contributed by atoms with Crippen molar-refractivity contribution in [1.82, 2.24) is 10.6 Å². The van der Waals surface area contributed by atoms with Crippen molar-refractivity contribution < 1.29 is 14.0 Å². The summed E-state index contributed by atoms with van der Waals surface area (Å²) in [6, 6.07) is 14.9. The van der Waals surface area contributed by atoms with Crippen molar-refractivity contribution in [2.45, 2.75) is 18.5 Å². The van der Waals surface area contributed by atoms with Gasteiger partial charge in [-0.3, -0.25) is 14.4 Å². The normalized spacial score (nSPS) is 17.7. The maximum atomic E-state index is 12.8. The average Bonchev–Trinajstić information content (AvgIpc) is 3.04. The van der Waals surface area contributed by atoms with Gasteiger partial charge in [0.1, 0.15) is 5.58 Å². The van der Waals surface area contributed by atoms with Crippen LogP contribution in [0.5, 0.6) is 0 Å². The molecule has 6 heteroatoms. The number of para-hydroxylation sites is 1. The van der Waals surface area contributed by atoms with E-state index in [1.54, 1.807) is 24.3 Å². The molecule has 0 saturated heterocycles. The maximum absolute atomic E-state index is 12.8. The van der Waals surface area contributed by atoms with Crippen LogP contribution in [0.4, 0.5) is 0 Å². The molecule has 0 bridgehead atoms. The van der Waals surface area contributed by atoms with E-state index in [1.807, 2.05) is 24.3 Å². The minimum absolute atomic E-state index is 0.0616. The molecule has 1 aromatic heterocycles. The number of carbonyl (C=O) groups is 2. The Labute approximate surface area is 160 Å². The lowest BCUT2D eigenvalue weighted by molar-refractivity contribution is -0.117. The van der Waals surface area contributed by atoms with Crippen LogP contribution in [0.1, 0.15) is 27.7 Å². The van der Waals surface area contributed by atoms with E-state index in [0.29, 0.717) is 17.4 Å². The lowest BCUT2D eigenvalue weighted by atomic mass is 10.1. The van der Waals surface area contributed by atoms with Crippen LogP contribution >= 0.6 is 0 Å². The van der Waals surface area contributed by atoms with Gasteiger partial charge in [0, 0.05) is 6.07 Å². The summed E-state index contributed by atoms with van der Waals surface area (Å²) in [7, 11) is 0. The zero-order valence-electron chi connectivity index (χ0n) is 15.0. The number of hydrogen-bond acceptors (Lipinski definition) is 4. The van der Waals surface area contributed by atoms with Gasteiger partial charge in [0.05, 0.1) is 17.5 Å². The van der Waals surface area contributed by atoms with E-state index in [4.69, 9.17) is 4.42 Å². The standard InChI is InChI=1S/C22H18N2O4/c1-2-20(26)24-21-14-8-4-3-7-13(14)11-16(21)23-22(27)19-12-17(25)15-9-5-6-10-18(15)28-19/h2-10,12,16,21H,1,11H2,(H,23,27)(H,24,26)/t16-,21-/m1/s1. The molecule has 2 N–H and O–H groups in total. The van der Waals surface area contributed by atoms with Crippen LogP contribution < -0.4 is 16.1 Å². The largest absolute Gasteiger partial charge is 0.451 e. The number of nitrogens with one attached hydrogen (secondary N) is 2. The van der Waals surface area contributed by atoms with Gasteiger partial charge in [-0.2, -0.15) is 0 Å². The molecule has 0 fully saturated rings. The molecule has 0 unspecified atom stereocenters. The molecule has 2 atom stereocenters. The van der Waals surface area contributed by atoms with Crippen molar-refractivity contribution in [1.29, 1.82) is 0 Å². The second kappa shape index (κ2) is 7.15. The predicted octanol–water partition coefficient (Wildman–Crippen LogP) is 2.49. The highest BCUT2D eigenvalue weighted by Crippen LogP contribution is 2.31. The van der Waals surface area contributed by atoms with Crippen molar-refractivity contribution in [3.63, 3.8) is 0 Å². The van der Waals surface area contributed by atoms with Gasteiger partial charge in [-0.25, -0.2) is 0 Å². The Morgan fingerprint density at radius 2 is 1.82 bits per heavy atom. The summed E-state index contributed by atoms with van der Waals surface area (Å²) in [5, 5.41) is 6.18. The first-order chi connectivity index (χ1) is 13.6. The van der Waals surface area contributed by atoms with E-state index in [2.05, 4.69) is 17.2 Å². The molecule has 0 spiro atoms. The minimum atomic E-state index is -0.501. The molecule has 140 valence electrons. The van der Waals surface area contributed by atoms with E-state index in [9.17, 15) is 14.4 Å². The number of hydrogen-bond donors (Lipinski definition) is 2. The molecule has 28 heavy (non-hydrogen) atoms. The van der Waals surface area contributed by atoms with E-state index in [-0.39, 0.29) is 23.1 Å². The molecule has 0 aliphatic heterocycles. The first-order valence-electron chi connectivity index (χ1n) is 8.91. The number of fused-ring (bicyclic) bond motifs is 2. The first-order valence-corrected chi connectivity index (χ1v) is 8.91. The van der Waals surface area contributed by atoms with Crippen LogP contribution in [0.2, 0.25) is 0 Å². The third-order valence-electron chi connectivity index (χ3n) is 4.89. The third-order valence-corrected chi connectivity index (χ3v) is 4.89. The fourth-order valence-electron chi connectivity index (χ4n) is 3.58. The van der Waals surface area contributed by atoms with Crippen LogP contribution in [0, 0.1) is 0 Å². The number of rotatable bonds is 4. The fraction of sp³-hybridized carbons (Fsp3) is 0.136. The summed E-state index contributed by atoms with van der Waals surface area (Å²) in [6.45, 7) is 3.48. The van der Waals surface area contributed by atoms with E-state index < -0.39 is 11.9 Å². The first kappa shape index (κ1) is 17.7. The molecule has 2 aromatic carbocycles. The van der Waals surface area contributed by atoms with Gasteiger partial charge in [0.25, 0.3) is 5.91 Å². The Morgan fingerprint density at radius 1 is 1.07 bits per heavy atom. The van der Waals surface area contributed by atoms with Crippen molar-refractivity contribution in [3.05, 3.63) is 94.4 Å². The van der Waals surface area contributed by atoms with Gasteiger partial charge >= 0.3 is 0 Å². The molecule has 3 aromatic rings. The Bertz CT molecular complexity index is 1150. The van der Waals surface area contributed by atoms with Crippen molar-refractivity contribution in [2.24, 2.45) is 0 Å². The molecule has 2 amide bonds. The molecule has 4 rings (SSSR count). The number of benzene rings is 2. The quantitative estimate of drug-likeness (QED) is 0.687. The maximum Gasteiger partial charge on any atom is 0.287 e. The molecule has 1 heterocycles. The summed E-state index contributed by atoms with van der Waals surface area (Å²) in [6.07, 6.45) is 1.75. The Morgan fingerprint density at radius 3 is 2.64 bits per heavy atom. The van der Waals surface area contributed by atoms with Crippen LogP contribution in [-0.4, -0.2) is 17.9 Å². The molecular weight excluding hydrogens is 356 g/mol. The number of carbonyl (C=O) groups excluding carboxylic acids is 2. The molecule has 0 radical (unpaired) electrons. The molecular formula is C22H18N2O4. The van der Waals surface area contributed by atoms with Gasteiger partial charge in [-0.1, -0.05) is 43.0 Å². The lowest BCUT2D eigenvalue weighted by Gasteiger charge is -2.22. The fourth-order valence-corrected chi connectivity index (χ4v) is 3.58. The molecule has 1 aliphatic carbocycles. The summed E-state index contributed by atoms with van der Waals surface area (Å²) in [4.78, 5) is 36.9. The van der Waals surface area contributed by atoms with Crippen LogP contribution in [0.25, 0.3) is 11.0 Å². The average molecular weight is 374 g/mol. The number of amides is 2. The topological polar surface area (TPSA) is 88.4 Å². The lowest BCUT2D eigenvalue weighted by Crippen LogP contribution is -2.44. The molecule has 6 nitrogen and oxygen atoms in total.